The first-order chi connectivity index (χ1) is 9.40. The number of benzene rings is 1. The van der Waals surface area contributed by atoms with Crippen LogP contribution < -0.4 is 4.74 Å². The lowest BCUT2D eigenvalue weighted by Gasteiger charge is -2.18. The number of methoxy groups -OCH3 is 1. The van der Waals surface area contributed by atoms with Gasteiger partial charge in [0.2, 0.25) is 0 Å². The molecule has 1 aromatic heterocycles. The number of nitrogens with zero attached hydrogens (tertiary/aromatic N) is 2. The van der Waals surface area contributed by atoms with E-state index in [-0.39, 0.29) is 0 Å². The van der Waals surface area contributed by atoms with Crippen LogP contribution in [0.4, 0.5) is 0 Å². The summed E-state index contributed by atoms with van der Waals surface area (Å²) in [5.74, 6) is 1.48. The number of aromatic nitrogens is 2. The Morgan fingerprint density at radius 1 is 1.40 bits per heavy atom. The molecule has 0 amide bonds. The first-order valence-electron chi connectivity index (χ1n) is 6.48. The molecule has 0 aliphatic rings. The fraction of sp³-hybridized carbons (Fsp3) is 0.400. The molecule has 1 heterocycles. The topological polar surface area (TPSA) is 47.3 Å². The summed E-state index contributed by atoms with van der Waals surface area (Å²) in [4.78, 5) is 4.37. The van der Waals surface area contributed by atoms with Gasteiger partial charge in [-0.15, -0.1) is 0 Å². The third-order valence-corrected chi connectivity index (χ3v) is 3.39. The minimum absolute atomic E-state index is 0.557. The molecule has 1 aromatic carbocycles. The highest BCUT2D eigenvalue weighted by atomic mass is 35.5. The minimum Gasteiger partial charge on any atom is -0.495 e. The van der Waals surface area contributed by atoms with E-state index in [1.54, 1.807) is 27.2 Å². The highest BCUT2D eigenvalue weighted by molar-refractivity contribution is 6.32. The van der Waals surface area contributed by atoms with Gasteiger partial charge in [-0.2, -0.15) is 0 Å². The number of aryl methyl sites for hydroxylation is 1. The molecule has 20 heavy (non-hydrogen) atoms. The number of halogens is 1. The lowest BCUT2D eigenvalue weighted by atomic mass is 10.1. The first-order valence-corrected chi connectivity index (χ1v) is 6.86. The monoisotopic (exact) mass is 294 g/mol. The summed E-state index contributed by atoms with van der Waals surface area (Å²) in [5, 5.41) is 10.4. The lowest BCUT2D eigenvalue weighted by molar-refractivity contribution is 0.0663. The van der Waals surface area contributed by atoms with Gasteiger partial charge in [-0.25, -0.2) is 4.98 Å². The molecular formula is C15H19ClN2O2. The zero-order chi connectivity index (χ0) is 14.8. The maximum atomic E-state index is 9.82. The lowest BCUT2D eigenvalue weighted by Crippen LogP contribution is -2.21. The van der Waals surface area contributed by atoms with Crippen LogP contribution in [0.15, 0.2) is 30.6 Å². The second-order valence-corrected chi connectivity index (χ2v) is 5.76. The fourth-order valence-corrected chi connectivity index (χ4v) is 2.21. The molecule has 0 aliphatic carbocycles. The van der Waals surface area contributed by atoms with Gasteiger partial charge < -0.3 is 14.4 Å². The van der Waals surface area contributed by atoms with E-state index >= 15 is 0 Å². The summed E-state index contributed by atoms with van der Waals surface area (Å²) < 4.78 is 7.16. The van der Waals surface area contributed by atoms with Crippen molar-refractivity contribution in [3.05, 3.63) is 35.6 Å². The zero-order valence-corrected chi connectivity index (χ0v) is 12.7. The third kappa shape index (κ3) is 3.52. The SMILES string of the molecule is COc1ccc(-c2nccn2CCC(C)(C)O)cc1Cl. The van der Waals surface area contributed by atoms with E-state index in [0.717, 1.165) is 11.4 Å². The van der Waals surface area contributed by atoms with Gasteiger partial charge in [0.05, 0.1) is 17.7 Å². The minimum atomic E-state index is -0.695. The predicted octanol–water partition coefficient (Wildman–Crippen LogP) is 3.37. The quantitative estimate of drug-likeness (QED) is 0.919. The van der Waals surface area contributed by atoms with Crippen molar-refractivity contribution in [2.45, 2.75) is 32.4 Å². The summed E-state index contributed by atoms with van der Waals surface area (Å²) in [6, 6.07) is 5.59. The van der Waals surface area contributed by atoms with Gasteiger partial charge >= 0.3 is 0 Å². The second kappa shape index (κ2) is 5.85. The highest BCUT2D eigenvalue weighted by Gasteiger charge is 2.14. The van der Waals surface area contributed by atoms with E-state index in [1.807, 2.05) is 29.0 Å². The van der Waals surface area contributed by atoms with E-state index < -0.39 is 5.60 Å². The van der Waals surface area contributed by atoms with Crippen molar-refractivity contribution < 1.29 is 9.84 Å². The van der Waals surface area contributed by atoms with Crippen LogP contribution in [0.1, 0.15) is 20.3 Å². The average molecular weight is 295 g/mol. The van der Waals surface area contributed by atoms with Gasteiger partial charge in [0.15, 0.2) is 0 Å². The number of rotatable bonds is 5. The molecule has 0 atom stereocenters. The van der Waals surface area contributed by atoms with Crippen LogP contribution in [-0.2, 0) is 6.54 Å². The summed E-state index contributed by atoms with van der Waals surface area (Å²) in [7, 11) is 1.59. The molecule has 0 bridgehead atoms. The van der Waals surface area contributed by atoms with E-state index in [4.69, 9.17) is 16.3 Å². The Morgan fingerprint density at radius 3 is 2.75 bits per heavy atom. The van der Waals surface area contributed by atoms with Crippen molar-refractivity contribution >= 4 is 11.6 Å². The van der Waals surface area contributed by atoms with Crippen molar-refractivity contribution in [3.8, 4) is 17.1 Å². The van der Waals surface area contributed by atoms with E-state index in [1.165, 1.54) is 0 Å². The number of hydrogen-bond donors (Lipinski definition) is 1. The van der Waals surface area contributed by atoms with Crippen molar-refractivity contribution in [2.75, 3.05) is 7.11 Å². The molecule has 0 spiro atoms. The molecule has 0 aliphatic heterocycles. The smallest absolute Gasteiger partial charge is 0.139 e. The van der Waals surface area contributed by atoms with Crippen LogP contribution in [0.2, 0.25) is 5.02 Å². The van der Waals surface area contributed by atoms with Crippen molar-refractivity contribution in [1.29, 1.82) is 0 Å². The number of imidazole rings is 1. The predicted molar refractivity (Wildman–Crippen MR) is 80.1 cm³/mol. The Kier molecular flexibility index (Phi) is 4.35. The van der Waals surface area contributed by atoms with E-state index in [2.05, 4.69) is 4.98 Å². The summed E-state index contributed by atoms with van der Waals surface area (Å²) in [6.45, 7) is 4.30. The normalized spacial score (nSPS) is 11.7. The van der Waals surface area contributed by atoms with E-state index in [9.17, 15) is 5.11 Å². The molecule has 4 nitrogen and oxygen atoms in total. The summed E-state index contributed by atoms with van der Waals surface area (Å²) in [5.41, 5.74) is 0.232. The van der Waals surface area contributed by atoms with Gasteiger partial charge in [0.25, 0.3) is 0 Å². The van der Waals surface area contributed by atoms with Crippen LogP contribution in [0.5, 0.6) is 5.75 Å². The van der Waals surface area contributed by atoms with Crippen LogP contribution in [0, 0.1) is 0 Å². The molecule has 5 heteroatoms. The number of hydrogen-bond acceptors (Lipinski definition) is 3. The summed E-state index contributed by atoms with van der Waals surface area (Å²) in [6.07, 6.45) is 4.30. The molecule has 0 unspecified atom stereocenters. The van der Waals surface area contributed by atoms with Crippen LogP contribution in [0.25, 0.3) is 11.4 Å². The van der Waals surface area contributed by atoms with Gasteiger partial charge in [-0.05, 0) is 38.5 Å². The Bertz CT molecular complexity index is 588. The maximum absolute atomic E-state index is 9.82. The van der Waals surface area contributed by atoms with Crippen molar-refractivity contribution in [2.24, 2.45) is 0 Å². The molecule has 0 saturated heterocycles. The Labute approximate surface area is 124 Å². The molecule has 108 valence electrons. The van der Waals surface area contributed by atoms with Gasteiger partial charge in [-0.1, -0.05) is 11.6 Å². The Hall–Kier alpha value is -1.52. The second-order valence-electron chi connectivity index (χ2n) is 5.36. The van der Waals surface area contributed by atoms with Crippen LogP contribution in [0.3, 0.4) is 0 Å². The van der Waals surface area contributed by atoms with Crippen molar-refractivity contribution in [3.63, 3.8) is 0 Å². The van der Waals surface area contributed by atoms with Crippen molar-refractivity contribution in [1.82, 2.24) is 9.55 Å². The summed E-state index contributed by atoms with van der Waals surface area (Å²) >= 11 is 6.15. The van der Waals surface area contributed by atoms with Gasteiger partial charge in [0, 0.05) is 24.5 Å². The number of aliphatic hydroxyl groups is 1. The third-order valence-electron chi connectivity index (χ3n) is 3.09. The van der Waals surface area contributed by atoms with Crippen LogP contribution in [-0.4, -0.2) is 27.4 Å². The van der Waals surface area contributed by atoms with Crippen LogP contribution >= 0.6 is 11.6 Å². The highest BCUT2D eigenvalue weighted by Crippen LogP contribution is 2.29. The maximum Gasteiger partial charge on any atom is 0.139 e. The van der Waals surface area contributed by atoms with E-state index in [0.29, 0.717) is 23.7 Å². The molecular weight excluding hydrogens is 276 g/mol. The largest absolute Gasteiger partial charge is 0.495 e. The number of ether oxygens (including phenoxy) is 1. The first kappa shape index (κ1) is 14.9. The zero-order valence-electron chi connectivity index (χ0n) is 11.9. The average Bonchev–Trinajstić information content (AvgIpc) is 2.83. The standard InChI is InChI=1S/C15H19ClN2O2/c1-15(2,19)6-8-18-9-7-17-14(18)11-4-5-13(20-3)12(16)10-11/h4-5,7,9-10,19H,6,8H2,1-3H3. The Balaban J connectivity index is 2.25. The van der Waals surface area contributed by atoms with Gasteiger partial charge in [0.1, 0.15) is 11.6 Å². The Morgan fingerprint density at radius 2 is 2.15 bits per heavy atom. The van der Waals surface area contributed by atoms with Gasteiger partial charge in [-0.3, -0.25) is 0 Å². The fourth-order valence-electron chi connectivity index (χ4n) is 1.95. The molecule has 1 N–H and O–H groups in total. The molecule has 0 fully saturated rings. The molecule has 2 rings (SSSR count). The molecule has 0 radical (unpaired) electrons. The molecule has 0 saturated carbocycles. The molecule has 2 aromatic rings.